The minimum atomic E-state index is -0.912. The fraction of sp³-hybridized carbons (Fsp3) is 0.429. The molecule has 0 aromatic heterocycles. The molecule has 1 saturated heterocycles. The number of carbonyl (C=O) groups is 2. The van der Waals surface area contributed by atoms with Gasteiger partial charge in [-0.05, 0) is 5.56 Å². The van der Waals surface area contributed by atoms with Gasteiger partial charge in [0.25, 0.3) is 5.09 Å². The van der Waals surface area contributed by atoms with E-state index in [1.807, 2.05) is 30.3 Å². The van der Waals surface area contributed by atoms with Crippen molar-refractivity contribution < 1.29 is 19.5 Å². The summed E-state index contributed by atoms with van der Waals surface area (Å²) < 4.78 is 0. The number of thioether (sulfide) groups is 1. The molecule has 2 amide bonds. The van der Waals surface area contributed by atoms with Crippen LogP contribution in [0.25, 0.3) is 0 Å². The summed E-state index contributed by atoms with van der Waals surface area (Å²) in [6.07, 6.45) is 0. The molecule has 0 bridgehead atoms. The van der Waals surface area contributed by atoms with Gasteiger partial charge in [-0.15, -0.1) is 21.9 Å². The summed E-state index contributed by atoms with van der Waals surface area (Å²) in [5, 5.41) is 11.5. The predicted molar refractivity (Wildman–Crippen MR) is 83.9 cm³/mol. The number of hydrogen-bond donors (Lipinski definition) is 1. The third-order valence-electron chi connectivity index (χ3n) is 3.35. The van der Waals surface area contributed by atoms with Crippen LogP contribution < -0.4 is 5.32 Å². The second-order valence-corrected chi connectivity index (χ2v) is 6.00. The molecule has 1 aromatic rings. The van der Waals surface area contributed by atoms with Crippen LogP contribution in [0.1, 0.15) is 17.9 Å². The largest absolute Gasteiger partial charge is 0.352 e. The van der Waals surface area contributed by atoms with E-state index in [4.69, 9.17) is 0 Å². The fourth-order valence-corrected chi connectivity index (χ4v) is 3.86. The van der Waals surface area contributed by atoms with Gasteiger partial charge in [-0.25, -0.2) is 0 Å². The lowest BCUT2D eigenvalue weighted by atomic mass is 10.1. The average molecular weight is 339 g/mol. The summed E-state index contributed by atoms with van der Waals surface area (Å²) in [7, 11) is 0. The van der Waals surface area contributed by atoms with Crippen LogP contribution in [0.15, 0.2) is 30.3 Å². The zero-order valence-electron chi connectivity index (χ0n) is 12.5. The maximum Gasteiger partial charge on any atom is 0.294 e. The molecule has 1 fully saturated rings. The van der Waals surface area contributed by atoms with Gasteiger partial charge >= 0.3 is 0 Å². The highest BCUT2D eigenvalue weighted by atomic mass is 32.2. The number of nitrogens with one attached hydrogen (secondary N) is 1. The van der Waals surface area contributed by atoms with E-state index in [-0.39, 0.29) is 30.3 Å². The second kappa shape index (κ2) is 7.82. The van der Waals surface area contributed by atoms with Gasteiger partial charge in [-0.2, -0.15) is 0 Å². The minimum absolute atomic E-state index is 0.0166. The van der Waals surface area contributed by atoms with E-state index in [1.165, 1.54) is 18.7 Å². The summed E-state index contributed by atoms with van der Waals surface area (Å²) in [6, 6.07) is 8.89. The lowest BCUT2D eigenvalue weighted by Crippen LogP contribution is -2.47. The zero-order chi connectivity index (χ0) is 16.8. The molecular weight excluding hydrogens is 322 g/mol. The van der Waals surface area contributed by atoms with Crippen molar-refractivity contribution in [2.24, 2.45) is 0 Å². The Balaban J connectivity index is 2.00. The van der Waals surface area contributed by atoms with Gasteiger partial charge in [0.1, 0.15) is 18.0 Å². The quantitative estimate of drug-likeness (QED) is 0.471. The Morgan fingerprint density at radius 2 is 2.13 bits per heavy atom. The first-order valence-corrected chi connectivity index (χ1v) is 8.06. The molecule has 1 aromatic carbocycles. The third kappa shape index (κ3) is 4.35. The van der Waals surface area contributed by atoms with E-state index < -0.39 is 11.1 Å². The van der Waals surface area contributed by atoms with Gasteiger partial charge in [0.2, 0.25) is 11.8 Å². The van der Waals surface area contributed by atoms with Crippen molar-refractivity contribution >= 4 is 23.6 Å². The highest BCUT2D eigenvalue weighted by Gasteiger charge is 2.40. The SMILES string of the molecule is CC(=O)N1[C@@H](c2ccccc2)SC[C@H]1C(=O)NCCO[N+](=O)[O-]. The molecular formula is C14H17N3O5S. The van der Waals surface area contributed by atoms with Gasteiger partial charge in [0.15, 0.2) is 0 Å². The Morgan fingerprint density at radius 3 is 2.74 bits per heavy atom. The molecule has 8 nitrogen and oxygen atoms in total. The van der Waals surface area contributed by atoms with E-state index >= 15 is 0 Å². The van der Waals surface area contributed by atoms with Crippen molar-refractivity contribution in [2.75, 3.05) is 18.9 Å². The molecule has 0 radical (unpaired) electrons. The number of rotatable bonds is 6. The van der Waals surface area contributed by atoms with Crippen molar-refractivity contribution in [3.8, 4) is 0 Å². The zero-order valence-corrected chi connectivity index (χ0v) is 13.3. The lowest BCUT2D eigenvalue weighted by Gasteiger charge is -2.27. The molecule has 0 saturated carbocycles. The van der Waals surface area contributed by atoms with E-state index in [0.29, 0.717) is 5.75 Å². The molecule has 0 spiro atoms. The van der Waals surface area contributed by atoms with Gasteiger partial charge < -0.3 is 15.1 Å². The molecule has 1 heterocycles. The number of carbonyl (C=O) groups excluding carboxylic acids is 2. The van der Waals surface area contributed by atoms with Gasteiger partial charge in [-0.1, -0.05) is 30.3 Å². The molecule has 23 heavy (non-hydrogen) atoms. The van der Waals surface area contributed by atoms with E-state index in [1.54, 1.807) is 4.90 Å². The summed E-state index contributed by atoms with van der Waals surface area (Å²) in [5.41, 5.74) is 0.958. The van der Waals surface area contributed by atoms with Crippen LogP contribution in [0, 0.1) is 10.1 Å². The van der Waals surface area contributed by atoms with Crippen LogP contribution in [-0.4, -0.2) is 46.7 Å². The number of nitrogens with zero attached hydrogens (tertiary/aromatic N) is 2. The maximum absolute atomic E-state index is 12.2. The number of hydrogen-bond acceptors (Lipinski definition) is 6. The van der Waals surface area contributed by atoms with Crippen molar-refractivity contribution in [3.63, 3.8) is 0 Å². The normalized spacial score (nSPS) is 20.1. The van der Waals surface area contributed by atoms with Crippen LogP contribution in [0.2, 0.25) is 0 Å². The Labute approximate surface area is 137 Å². The first kappa shape index (κ1) is 17.1. The molecule has 2 atom stereocenters. The average Bonchev–Trinajstić information content (AvgIpc) is 2.97. The standard InChI is InChI=1S/C14H17N3O5S/c1-10(18)16-12(13(19)15-7-8-22-17(20)21)9-23-14(16)11-5-3-2-4-6-11/h2-6,12,14H,7-9H2,1H3,(H,15,19)/t12-,14+/m0/s1. The van der Waals surface area contributed by atoms with Crippen LogP contribution in [0.3, 0.4) is 0 Å². The molecule has 9 heteroatoms. The summed E-state index contributed by atoms with van der Waals surface area (Å²) in [5.74, 6) is -0.0511. The van der Waals surface area contributed by atoms with Gasteiger partial charge in [0, 0.05) is 19.2 Å². The molecule has 124 valence electrons. The Hall–Kier alpha value is -2.29. The number of benzene rings is 1. The van der Waals surface area contributed by atoms with Crippen LogP contribution in [0.5, 0.6) is 0 Å². The monoisotopic (exact) mass is 339 g/mol. The second-order valence-electron chi connectivity index (χ2n) is 4.89. The first-order valence-electron chi connectivity index (χ1n) is 7.01. The predicted octanol–water partition coefficient (Wildman–Crippen LogP) is 0.974. The molecule has 1 aliphatic heterocycles. The highest BCUT2D eigenvalue weighted by molar-refractivity contribution is 7.99. The van der Waals surface area contributed by atoms with Crippen LogP contribution >= 0.6 is 11.8 Å². The minimum Gasteiger partial charge on any atom is -0.352 e. The first-order chi connectivity index (χ1) is 11.0. The van der Waals surface area contributed by atoms with E-state index in [2.05, 4.69) is 10.2 Å². The third-order valence-corrected chi connectivity index (χ3v) is 4.67. The van der Waals surface area contributed by atoms with E-state index in [0.717, 1.165) is 5.56 Å². The van der Waals surface area contributed by atoms with Crippen molar-refractivity contribution in [2.45, 2.75) is 18.3 Å². The Kier molecular flexibility index (Phi) is 5.80. The molecule has 0 unspecified atom stereocenters. The topological polar surface area (TPSA) is 102 Å². The molecule has 2 rings (SSSR count). The maximum atomic E-state index is 12.2. The Morgan fingerprint density at radius 1 is 1.43 bits per heavy atom. The summed E-state index contributed by atoms with van der Waals surface area (Å²) >= 11 is 1.52. The molecule has 0 aliphatic carbocycles. The molecule has 1 N–H and O–H groups in total. The molecule has 1 aliphatic rings. The Bertz CT molecular complexity index is 583. The van der Waals surface area contributed by atoms with Crippen LogP contribution in [-0.2, 0) is 14.4 Å². The summed E-state index contributed by atoms with van der Waals surface area (Å²) in [6.45, 7) is 1.22. The number of amides is 2. The smallest absolute Gasteiger partial charge is 0.294 e. The van der Waals surface area contributed by atoms with Crippen molar-refractivity contribution in [1.82, 2.24) is 10.2 Å². The highest BCUT2D eigenvalue weighted by Crippen LogP contribution is 2.41. The van der Waals surface area contributed by atoms with Crippen molar-refractivity contribution in [1.29, 1.82) is 0 Å². The fourth-order valence-electron chi connectivity index (χ4n) is 2.38. The van der Waals surface area contributed by atoms with Crippen LogP contribution in [0.4, 0.5) is 0 Å². The van der Waals surface area contributed by atoms with E-state index in [9.17, 15) is 19.7 Å². The van der Waals surface area contributed by atoms with Gasteiger partial charge in [-0.3, -0.25) is 9.59 Å². The van der Waals surface area contributed by atoms with Gasteiger partial charge in [0.05, 0.1) is 0 Å². The summed E-state index contributed by atoms with van der Waals surface area (Å²) in [4.78, 5) is 40.0. The lowest BCUT2D eigenvalue weighted by molar-refractivity contribution is -0.757. The van der Waals surface area contributed by atoms with Crippen molar-refractivity contribution in [3.05, 3.63) is 46.0 Å².